The molecule has 2 fully saturated rings. The van der Waals surface area contributed by atoms with Crippen molar-refractivity contribution in [3.8, 4) is 0 Å². The molecule has 0 radical (unpaired) electrons. The Hall–Kier alpha value is -2.24. The molecule has 1 saturated heterocycles. The van der Waals surface area contributed by atoms with Gasteiger partial charge in [-0.15, -0.1) is 0 Å². The van der Waals surface area contributed by atoms with E-state index in [0.717, 1.165) is 37.6 Å². The van der Waals surface area contributed by atoms with Gasteiger partial charge >= 0.3 is 6.09 Å². The average molecular weight is 358 g/mol. The molecule has 1 aromatic carbocycles. The molecule has 1 amide bonds. The standard InChI is InChI=1S/C20H30N4O2/c1-2-26-20(25)23-18(16-11-12-16)15-21-19(24-13-7-4-8-14-24)22-17-9-5-3-6-10-17/h3,5-6,9-10,16,18H,2,4,7-8,11-15H2,1H3,(H,21,22)(H,23,25). The van der Waals surface area contributed by atoms with Gasteiger partial charge in [-0.05, 0) is 57.1 Å². The molecule has 1 atom stereocenters. The quantitative estimate of drug-likeness (QED) is 0.604. The predicted molar refractivity (Wildman–Crippen MR) is 104 cm³/mol. The SMILES string of the molecule is CCOC(=O)NC(CN=C(Nc1ccccc1)N1CCCCC1)C1CC1. The monoisotopic (exact) mass is 358 g/mol. The van der Waals surface area contributed by atoms with Gasteiger partial charge in [0.2, 0.25) is 0 Å². The van der Waals surface area contributed by atoms with Crippen LogP contribution >= 0.6 is 0 Å². The van der Waals surface area contributed by atoms with E-state index >= 15 is 0 Å². The summed E-state index contributed by atoms with van der Waals surface area (Å²) in [6, 6.07) is 10.2. The zero-order valence-corrected chi connectivity index (χ0v) is 15.6. The fourth-order valence-electron chi connectivity index (χ4n) is 3.29. The minimum Gasteiger partial charge on any atom is -0.450 e. The topological polar surface area (TPSA) is 66.0 Å². The number of anilines is 1. The number of guanidine groups is 1. The third-order valence-corrected chi connectivity index (χ3v) is 4.89. The third kappa shape index (κ3) is 5.64. The smallest absolute Gasteiger partial charge is 0.407 e. The van der Waals surface area contributed by atoms with Crippen LogP contribution < -0.4 is 10.6 Å². The van der Waals surface area contributed by atoms with Crippen LogP contribution in [0.3, 0.4) is 0 Å². The van der Waals surface area contributed by atoms with Gasteiger partial charge in [0.1, 0.15) is 0 Å². The Kier molecular flexibility index (Phi) is 6.75. The highest BCUT2D eigenvalue weighted by Gasteiger charge is 2.32. The summed E-state index contributed by atoms with van der Waals surface area (Å²) in [5.41, 5.74) is 1.04. The first-order valence-electron chi connectivity index (χ1n) is 9.81. The number of rotatable bonds is 6. The van der Waals surface area contributed by atoms with Crippen LogP contribution in [0.1, 0.15) is 39.0 Å². The highest BCUT2D eigenvalue weighted by molar-refractivity contribution is 5.93. The second kappa shape index (κ2) is 9.46. The molecule has 142 valence electrons. The molecule has 1 aliphatic carbocycles. The molecule has 2 aliphatic rings. The molecule has 0 bridgehead atoms. The van der Waals surface area contributed by atoms with E-state index in [0.29, 0.717) is 19.1 Å². The molecule has 1 unspecified atom stereocenters. The van der Waals surface area contributed by atoms with E-state index < -0.39 is 0 Å². The molecule has 6 nitrogen and oxygen atoms in total. The molecule has 6 heteroatoms. The maximum Gasteiger partial charge on any atom is 0.407 e. The number of carbonyl (C=O) groups excluding carboxylic acids is 1. The van der Waals surface area contributed by atoms with Gasteiger partial charge in [-0.25, -0.2) is 4.79 Å². The van der Waals surface area contributed by atoms with Crippen LogP contribution in [-0.2, 0) is 4.74 Å². The Morgan fingerprint density at radius 2 is 1.96 bits per heavy atom. The minimum absolute atomic E-state index is 0.0476. The molecule has 26 heavy (non-hydrogen) atoms. The summed E-state index contributed by atoms with van der Waals surface area (Å²) in [6.07, 6.45) is 5.64. The van der Waals surface area contributed by atoms with Crippen molar-refractivity contribution in [1.29, 1.82) is 0 Å². The molecule has 3 rings (SSSR count). The zero-order valence-electron chi connectivity index (χ0n) is 15.6. The lowest BCUT2D eigenvalue weighted by Gasteiger charge is -2.30. The maximum atomic E-state index is 11.8. The van der Waals surface area contributed by atoms with Crippen molar-refractivity contribution in [2.45, 2.75) is 45.1 Å². The Bertz CT molecular complexity index is 595. The van der Waals surface area contributed by atoms with Gasteiger partial charge in [-0.3, -0.25) is 4.99 Å². The summed E-state index contributed by atoms with van der Waals surface area (Å²) in [5.74, 6) is 1.43. The van der Waals surface area contributed by atoms with Crippen LogP contribution in [0, 0.1) is 5.92 Å². The van der Waals surface area contributed by atoms with Gasteiger partial charge in [-0.2, -0.15) is 0 Å². The number of aliphatic imine (C=N–C) groups is 1. The number of amides is 1. The number of likely N-dealkylation sites (tertiary alicyclic amines) is 1. The molecular formula is C20H30N4O2. The number of nitrogens with zero attached hydrogens (tertiary/aromatic N) is 2. The molecule has 1 aliphatic heterocycles. The Morgan fingerprint density at radius 1 is 1.23 bits per heavy atom. The summed E-state index contributed by atoms with van der Waals surface area (Å²) >= 11 is 0. The summed E-state index contributed by atoms with van der Waals surface area (Å²) in [7, 11) is 0. The van der Waals surface area contributed by atoms with Crippen LogP contribution in [0.2, 0.25) is 0 Å². The highest BCUT2D eigenvalue weighted by atomic mass is 16.5. The van der Waals surface area contributed by atoms with Crippen molar-refractivity contribution in [3.05, 3.63) is 30.3 Å². The number of benzene rings is 1. The number of nitrogens with one attached hydrogen (secondary N) is 2. The number of hydrogen-bond donors (Lipinski definition) is 2. The maximum absolute atomic E-state index is 11.8. The van der Waals surface area contributed by atoms with Crippen LogP contribution in [0.5, 0.6) is 0 Å². The lowest BCUT2D eigenvalue weighted by atomic mass is 10.1. The minimum atomic E-state index is -0.338. The molecule has 0 aromatic heterocycles. The van der Waals surface area contributed by atoms with Crippen molar-refractivity contribution < 1.29 is 9.53 Å². The lowest BCUT2D eigenvalue weighted by Crippen LogP contribution is -2.43. The first-order valence-corrected chi connectivity index (χ1v) is 9.81. The van der Waals surface area contributed by atoms with Gasteiger partial charge in [0.15, 0.2) is 5.96 Å². The second-order valence-corrected chi connectivity index (χ2v) is 7.01. The largest absolute Gasteiger partial charge is 0.450 e. The van der Waals surface area contributed by atoms with Crippen molar-refractivity contribution in [2.24, 2.45) is 10.9 Å². The Morgan fingerprint density at radius 3 is 2.62 bits per heavy atom. The zero-order chi connectivity index (χ0) is 18.2. The van der Waals surface area contributed by atoms with E-state index in [-0.39, 0.29) is 12.1 Å². The fourth-order valence-corrected chi connectivity index (χ4v) is 3.29. The third-order valence-electron chi connectivity index (χ3n) is 4.89. The molecule has 0 spiro atoms. The summed E-state index contributed by atoms with van der Waals surface area (Å²) in [6.45, 7) is 4.84. The number of para-hydroxylation sites is 1. The number of piperidine rings is 1. The van der Waals surface area contributed by atoms with Gasteiger partial charge in [-0.1, -0.05) is 18.2 Å². The highest BCUT2D eigenvalue weighted by Crippen LogP contribution is 2.33. The molecule has 1 aromatic rings. The van der Waals surface area contributed by atoms with Crippen LogP contribution in [0.15, 0.2) is 35.3 Å². The number of alkyl carbamates (subject to hydrolysis) is 1. The van der Waals surface area contributed by atoms with E-state index in [1.807, 2.05) is 25.1 Å². The van der Waals surface area contributed by atoms with Crippen molar-refractivity contribution in [2.75, 3.05) is 31.6 Å². The van der Waals surface area contributed by atoms with Crippen molar-refractivity contribution >= 4 is 17.7 Å². The predicted octanol–water partition coefficient (Wildman–Crippen LogP) is 3.47. The number of ether oxygens (including phenoxy) is 1. The lowest BCUT2D eigenvalue weighted by molar-refractivity contribution is 0.147. The van der Waals surface area contributed by atoms with Gasteiger partial charge < -0.3 is 20.3 Å². The number of hydrogen-bond acceptors (Lipinski definition) is 3. The second-order valence-electron chi connectivity index (χ2n) is 7.01. The van der Waals surface area contributed by atoms with Crippen molar-refractivity contribution in [1.82, 2.24) is 10.2 Å². The Labute approximate surface area is 156 Å². The Balaban J connectivity index is 1.68. The van der Waals surface area contributed by atoms with E-state index in [9.17, 15) is 4.79 Å². The summed E-state index contributed by atoms with van der Waals surface area (Å²) in [5, 5.41) is 6.46. The molecule has 2 N–H and O–H groups in total. The average Bonchev–Trinajstić information content (AvgIpc) is 3.51. The molecule has 1 heterocycles. The summed E-state index contributed by atoms with van der Waals surface area (Å²) in [4.78, 5) is 19.0. The van der Waals surface area contributed by atoms with Crippen molar-refractivity contribution in [3.63, 3.8) is 0 Å². The normalized spacial score (nSPS) is 19.0. The van der Waals surface area contributed by atoms with Gasteiger partial charge in [0.25, 0.3) is 0 Å². The van der Waals surface area contributed by atoms with Crippen LogP contribution in [0.25, 0.3) is 0 Å². The first kappa shape index (κ1) is 18.5. The van der Waals surface area contributed by atoms with Gasteiger partial charge in [0, 0.05) is 18.8 Å². The summed E-state index contributed by atoms with van der Waals surface area (Å²) < 4.78 is 5.04. The van der Waals surface area contributed by atoms with Gasteiger partial charge in [0.05, 0.1) is 19.2 Å². The van der Waals surface area contributed by atoms with E-state index in [4.69, 9.17) is 9.73 Å². The van der Waals surface area contributed by atoms with Crippen LogP contribution in [0.4, 0.5) is 10.5 Å². The number of carbonyl (C=O) groups is 1. The van der Waals surface area contributed by atoms with E-state index in [1.54, 1.807) is 0 Å². The fraction of sp³-hybridized carbons (Fsp3) is 0.600. The molecular weight excluding hydrogens is 328 g/mol. The van der Waals surface area contributed by atoms with E-state index in [2.05, 4.69) is 27.7 Å². The van der Waals surface area contributed by atoms with E-state index in [1.165, 1.54) is 19.3 Å². The first-order chi connectivity index (χ1) is 12.8. The molecule has 1 saturated carbocycles. The van der Waals surface area contributed by atoms with Crippen LogP contribution in [-0.4, -0.2) is 49.2 Å².